The monoisotopic (exact) mass is 358 g/mol. The Bertz CT molecular complexity index is 548. The van der Waals surface area contributed by atoms with Crippen molar-refractivity contribution in [3.63, 3.8) is 0 Å². The van der Waals surface area contributed by atoms with E-state index in [1.54, 1.807) is 0 Å². The molecule has 4 nitrogen and oxygen atoms in total. The number of allylic oxidation sites excluding steroid dienone is 6. The molecular weight excluding hydrogens is 326 g/mol. The zero-order valence-electron chi connectivity index (χ0n) is 17.4. The van der Waals surface area contributed by atoms with Crippen LogP contribution in [0.25, 0.3) is 0 Å². The van der Waals surface area contributed by atoms with Crippen LogP contribution >= 0.6 is 0 Å². The Morgan fingerprint density at radius 1 is 0.500 bits per heavy atom. The van der Waals surface area contributed by atoms with E-state index in [4.69, 9.17) is 18.6 Å². The standard InChI is InChI=1S/C20H32B2O4/c1-17(2)18(3,4)24-21(23-17)15-11-9-10-12-16(14-13-15)22-25-19(5,6)20(7,8)26-22/h9-16H,1-8H3/b11-9-,12-10-,14-13?. The van der Waals surface area contributed by atoms with E-state index < -0.39 is 0 Å². The van der Waals surface area contributed by atoms with Gasteiger partial charge in [-0.3, -0.25) is 0 Å². The zero-order chi connectivity index (χ0) is 19.4. The Balaban J connectivity index is 1.76. The first-order chi connectivity index (χ1) is 11.8. The summed E-state index contributed by atoms with van der Waals surface area (Å²) >= 11 is 0. The lowest BCUT2D eigenvalue weighted by Crippen LogP contribution is -2.41. The van der Waals surface area contributed by atoms with E-state index in [1.807, 2.05) is 0 Å². The summed E-state index contributed by atoms with van der Waals surface area (Å²) in [6, 6.07) is 0. The molecule has 1 aliphatic carbocycles. The van der Waals surface area contributed by atoms with Gasteiger partial charge in [0.1, 0.15) is 0 Å². The van der Waals surface area contributed by atoms with E-state index in [-0.39, 0.29) is 48.3 Å². The van der Waals surface area contributed by atoms with Crippen molar-refractivity contribution in [2.45, 2.75) is 89.4 Å². The molecule has 142 valence electrons. The van der Waals surface area contributed by atoms with Gasteiger partial charge in [0.15, 0.2) is 0 Å². The van der Waals surface area contributed by atoms with Gasteiger partial charge in [0.25, 0.3) is 0 Å². The fraction of sp³-hybridized carbons (Fsp3) is 0.700. The molecule has 6 heteroatoms. The van der Waals surface area contributed by atoms with Crippen molar-refractivity contribution in [1.82, 2.24) is 0 Å². The van der Waals surface area contributed by atoms with Crippen LogP contribution in [0.5, 0.6) is 0 Å². The summed E-state index contributed by atoms with van der Waals surface area (Å²) in [6.45, 7) is 16.6. The lowest BCUT2D eigenvalue weighted by atomic mass is 9.66. The highest BCUT2D eigenvalue weighted by Gasteiger charge is 2.54. The molecule has 3 rings (SSSR count). The van der Waals surface area contributed by atoms with Crippen LogP contribution in [0.15, 0.2) is 36.5 Å². The minimum absolute atomic E-state index is 0.0472. The third-order valence-corrected chi connectivity index (χ3v) is 6.50. The van der Waals surface area contributed by atoms with Gasteiger partial charge in [-0.05, 0) is 55.4 Å². The molecule has 0 aromatic heterocycles. The molecule has 2 aliphatic heterocycles. The van der Waals surface area contributed by atoms with Gasteiger partial charge in [0.05, 0.1) is 22.4 Å². The van der Waals surface area contributed by atoms with Crippen LogP contribution < -0.4 is 0 Å². The summed E-state index contributed by atoms with van der Waals surface area (Å²) in [4.78, 5) is 0. The van der Waals surface area contributed by atoms with Crippen molar-refractivity contribution in [2.24, 2.45) is 0 Å². The summed E-state index contributed by atoms with van der Waals surface area (Å²) in [5.74, 6) is 0.0943. The summed E-state index contributed by atoms with van der Waals surface area (Å²) < 4.78 is 24.9. The molecule has 0 radical (unpaired) electrons. The first kappa shape index (κ1) is 19.9. The van der Waals surface area contributed by atoms with Crippen molar-refractivity contribution in [3.05, 3.63) is 36.5 Å². The number of rotatable bonds is 2. The third-order valence-electron chi connectivity index (χ3n) is 6.50. The summed E-state index contributed by atoms with van der Waals surface area (Å²) in [5, 5.41) is 0. The topological polar surface area (TPSA) is 36.9 Å². The highest BCUT2D eigenvalue weighted by molar-refractivity contribution is 6.50. The highest BCUT2D eigenvalue weighted by Crippen LogP contribution is 2.43. The van der Waals surface area contributed by atoms with Crippen LogP contribution in [-0.4, -0.2) is 36.6 Å². The Hall–Kier alpha value is -0.810. The third kappa shape index (κ3) is 3.49. The normalized spacial score (nSPS) is 36.6. The van der Waals surface area contributed by atoms with Gasteiger partial charge >= 0.3 is 14.2 Å². The molecule has 0 bridgehead atoms. The SMILES string of the molecule is CC1(C)OB(C2C=CC(B3OC(C)(C)C(C)(C)O3)/C=C\C=C/2)OC1(C)C. The van der Waals surface area contributed by atoms with E-state index in [9.17, 15) is 0 Å². The highest BCUT2D eigenvalue weighted by atomic mass is 16.7. The Morgan fingerprint density at radius 3 is 1.04 bits per heavy atom. The Morgan fingerprint density at radius 2 is 0.769 bits per heavy atom. The Kier molecular flexibility index (Phi) is 4.88. The lowest BCUT2D eigenvalue weighted by Gasteiger charge is -2.32. The average Bonchev–Trinajstić information content (AvgIpc) is 2.78. The minimum Gasteiger partial charge on any atom is -0.403 e. The van der Waals surface area contributed by atoms with Crippen LogP contribution in [0, 0.1) is 0 Å². The maximum atomic E-state index is 6.22. The molecule has 2 atom stereocenters. The predicted octanol–water partition coefficient (Wildman–Crippen LogP) is 4.59. The van der Waals surface area contributed by atoms with E-state index in [0.717, 1.165) is 0 Å². The van der Waals surface area contributed by atoms with E-state index in [1.165, 1.54) is 0 Å². The van der Waals surface area contributed by atoms with E-state index >= 15 is 0 Å². The van der Waals surface area contributed by atoms with Crippen molar-refractivity contribution in [2.75, 3.05) is 0 Å². The molecule has 2 unspecified atom stereocenters. The molecule has 0 saturated carbocycles. The van der Waals surface area contributed by atoms with Gasteiger partial charge in [0, 0.05) is 11.6 Å². The van der Waals surface area contributed by atoms with Gasteiger partial charge in [0.2, 0.25) is 0 Å². The molecule has 0 aromatic carbocycles. The average molecular weight is 358 g/mol. The van der Waals surface area contributed by atoms with Crippen LogP contribution in [0.3, 0.4) is 0 Å². The molecule has 26 heavy (non-hydrogen) atoms. The molecule has 0 aromatic rings. The summed E-state index contributed by atoms with van der Waals surface area (Å²) in [7, 11) is -0.587. The van der Waals surface area contributed by atoms with Crippen LogP contribution in [0.4, 0.5) is 0 Å². The lowest BCUT2D eigenvalue weighted by molar-refractivity contribution is 0.00578. The molecule has 0 amide bonds. The van der Waals surface area contributed by atoms with Gasteiger partial charge in [-0.2, -0.15) is 0 Å². The van der Waals surface area contributed by atoms with Gasteiger partial charge in [-0.25, -0.2) is 0 Å². The fourth-order valence-electron chi connectivity index (χ4n) is 3.22. The van der Waals surface area contributed by atoms with Crippen molar-refractivity contribution in [1.29, 1.82) is 0 Å². The van der Waals surface area contributed by atoms with E-state index in [2.05, 4.69) is 91.8 Å². The van der Waals surface area contributed by atoms with Crippen LogP contribution in [0.2, 0.25) is 11.6 Å². The molecule has 2 saturated heterocycles. The maximum absolute atomic E-state index is 6.22. The van der Waals surface area contributed by atoms with Crippen molar-refractivity contribution in [3.8, 4) is 0 Å². The number of hydrogen-bond acceptors (Lipinski definition) is 4. The second kappa shape index (κ2) is 6.37. The molecular formula is C20H32B2O4. The predicted molar refractivity (Wildman–Crippen MR) is 107 cm³/mol. The fourth-order valence-corrected chi connectivity index (χ4v) is 3.22. The van der Waals surface area contributed by atoms with Gasteiger partial charge < -0.3 is 18.6 Å². The van der Waals surface area contributed by atoms with Gasteiger partial charge in [-0.15, -0.1) is 0 Å². The summed E-state index contributed by atoms with van der Waals surface area (Å²) in [5.41, 5.74) is -1.32. The van der Waals surface area contributed by atoms with Crippen LogP contribution in [-0.2, 0) is 18.6 Å². The van der Waals surface area contributed by atoms with Crippen molar-refractivity contribution >= 4 is 14.2 Å². The smallest absolute Gasteiger partial charge is 0.403 e. The summed E-state index contributed by atoms with van der Waals surface area (Å²) in [6.07, 6.45) is 12.6. The van der Waals surface area contributed by atoms with Crippen LogP contribution in [0.1, 0.15) is 55.4 Å². The van der Waals surface area contributed by atoms with Gasteiger partial charge in [-0.1, -0.05) is 36.5 Å². The molecule has 2 heterocycles. The first-order valence-corrected chi connectivity index (χ1v) is 9.59. The second-order valence-corrected chi connectivity index (χ2v) is 9.56. The molecule has 0 N–H and O–H groups in total. The zero-order valence-corrected chi connectivity index (χ0v) is 17.4. The molecule has 3 aliphatic rings. The maximum Gasteiger partial charge on any atom is 0.469 e. The largest absolute Gasteiger partial charge is 0.469 e. The second-order valence-electron chi connectivity index (χ2n) is 9.56. The van der Waals surface area contributed by atoms with Crippen molar-refractivity contribution < 1.29 is 18.6 Å². The van der Waals surface area contributed by atoms with E-state index in [0.29, 0.717) is 0 Å². The minimum atomic E-state index is -0.331. The molecule has 0 spiro atoms. The number of hydrogen-bond donors (Lipinski definition) is 0. The first-order valence-electron chi connectivity index (χ1n) is 9.59. The molecule has 2 fully saturated rings. The Labute approximate surface area is 159 Å². The quantitative estimate of drug-likeness (QED) is 0.534.